The van der Waals surface area contributed by atoms with E-state index in [9.17, 15) is 4.79 Å². The monoisotopic (exact) mass is 399 g/mol. The van der Waals surface area contributed by atoms with E-state index in [2.05, 4.69) is 15.3 Å². The first-order valence-corrected chi connectivity index (χ1v) is 9.31. The van der Waals surface area contributed by atoms with Crippen LogP contribution in [0.15, 0.2) is 60.1 Å². The number of hydrogen-bond donors (Lipinski definition) is 1. The SMILES string of the molecule is O=C(Nc1nccs1)c1cc(-c2ccc(Cl)c(Cl)c2)nc2ccccc12. The fourth-order valence-corrected chi connectivity index (χ4v) is 3.44. The number of benzene rings is 2. The molecule has 0 saturated carbocycles. The fraction of sp³-hybridized carbons (Fsp3) is 0. The van der Waals surface area contributed by atoms with Crippen LogP contribution in [-0.4, -0.2) is 15.9 Å². The Morgan fingerprint density at radius 2 is 1.88 bits per heavy atom. The van der Waals surface area contributed by atoms with Gasteiger partial charge in [-0.15, -0.1) is 11.3 Å². The lowest BCUT2D eigenvalue weighted by Gasteiger charge is -2.10. The summed E-state index contributed by atoms with van der Waals surface area (Å²) in [4.78, 5) is 21.6. The van der Waals surface area contributed by atoms with Crippen molar-refractivity contribution in [3.63, 3.8) is 0 Å². The largest absolute Gasteiger partial charge is 0.298 e. The van der Waals surface area contributed by atoms with Gasteiger partial charge in [0.15, 0.2) is 5.13 Å². The Hall–Kier alpha value is -2.47. The molecule has 7 heteroatoms. The average Bonchev–Trinajstić information content (AvgIpc) is 3.16. The number of hydrogen-bond acceptors (Lipinski definition) is 4. The van der Waals surface area contributed by atoms with Crippen molar-refractivity contribution in [2.75, 3.05) is 5.32 Å². The Kier molecular flexibility index (Phi) is 4.59. The van der Waals surface area contributed by atoms with Crippen LogP contribution < -0.4 is 5.32 Å². The zero-order chi connectivity index (χ0) is 18.1. The summed E-state index contributed by atoms with van der Waals surface area (Å²) in [5, 5.41) is 6.86. The van der Waals surface area contributed by atoms with Gasteiger partial charge in [-0.05, 0) is 24.3 Å². The maximum atomic E-state index is 12.8. The number of pyridine rings is 1. The van der Waals surface area contributed by atoms with Crippen LogP contribution in [0.5, 0.6) is 0 Å². The van der Waals surface area contributed by atoms with E-state index in [1.165, 1.54) is 11.3 Å². The van der Waals surface area contributed by atoms with Crippen molar-refractivity contribution in [3.8, 4) is 11.3 Å². The van der Waals surface area contributed by atoms with Crippen LogP contribution in [0.2, 0.25) is 10.0 Å². The summed E-state index contributed by atoms with van der Waals surface area (Å²) < 4.78 is 0. The van der Waals surface area contributed by atoms with Crippen LogP contribution >= 0.6 is 34.5 Å². The van der Waals surface area contributed by atoms with E-state index in [0.717, 1.165) is 16.5 Å². The molecule has 0 saturated heterocycles. The molecule has 1 amide bonds. The van der Waals surface area contributed by atoms with E-state index >= 15 is 0 Å². The summed E-state index contributed by atoms with van der Waals surface area (Å²) in [5.74, 6) is -0.236. The molecule has 2 aromatic carbocycles. The van der Waals surface area contributed by atoms with Crippen molar-refractivity contribution >= 4 is 56.5 Å². The van der Waals surface area contributed by atoms with Gasteiger partial charge in [0.2, 0.25) is 0 Å². The van der Waals surface area contributed by atoms with Crippen molar-refractivity contribution in [1.29, 1.82) is 0 Å². The van der Waals surface area contributed by atoms with E-state index in [-0.39, 0.29) is 5.91 Å². The summed E-state index contributed by atoms with van der Waals surface area (Å²) in [6.07, 6.45) is 1.64. The summed E-state index contributed by atoms with van der Waals surface area (Å²) in [7, 11) is 0. The van der Waals surface area contributed by atoms with Crippen LogP contribution in [0, 0.1) is 0 Å². The predicted octanol–water partition coefficient (Wildman–Crippen LogP) is 5.92. The Bertz CT molecular complexity index is 1110. The number of para-hydroxylation sites is 1. The zero-order valence-electron chi connectivity index (χ0n) is 13.2. The van der Waals surface area contributed by atoms with E-state index in [4.69, 9.17) is 23.2 Å². The Morgan fingerprint density at radius 3 is 2.65 bits per heavy atom. The first-order chi connectivity index (χ1) is 12.6. The fourth-order valence-electron chi connectivity index (χ4n) is 2.62. The number of anilines is 1. The first kappa shape index (κ1) is 17.0. The lowest BCUT2D eigenvalue weighted by molar-refractivity contribution is 0.102. The number of halogens is 2. The van der Waals surface area contributed by atoms with Gasteiger partial charge in [-0.2, -0.15) is 0 Å². The van der Waals surface area contributed by atoms with E-state index in [1.807, 2.05) is 30.3 Å². The molecule has 1 N–H and O–H groups in total. The third-order valence-electron chi connectivity index (χ3n) is 3.83. The molecule has 26 heavy (non-hydrogen) atoms. The highest BCUT2D eigenvalue weighted by Crippen LogP contribution is 2.30. The summed E-state index contributed by atoms with van der Waals surface area (Å²) in [6, 6.07) is 14.5. The second-order valence-electron chi connectivity index (χ2n) is 5.49. The molecule has 0 bridgehead atoms. The van der Waals surface area contributed by atoms with Crippen molar-refractivity contribution in [2.45, 2.75) is 0 Å². The molecule has 2 aromatic heterocycles. The lowest BCUT2D eigenvalue weighted by atomic mass is 10.0. The van der Waals surface area contributed by atoms with Crippen molar-refractivity contribution in [3.05, 3.63) is 75.7 Å². The highest BCUT2D eigenvalue weighted by atomic mass is 35.5. The Labute approximate surface area is 163 Å². The summed E-state index contributed by atoms with van der Waals surface area (Å²) >= 11 is 13.5. The molecular weight excluding hydrogens is 389 g/mol. The van der Waals surface area contributed by atoms with E-state index in [1.54, 1.807) is 29.8 Å². The third kappa shape index (κ3) is 3.29. The lowest BCUT2D eigenvalue weighted by Crippen LogP contribution is -2.12. The Morgan fingerprint density at radius 1 is 1.04 bits per heavy atom. The number of aromatic nitrogens is 2. The minimum Gasteiger partial charge on any atom is -0.298 e. The van der Waals surface area contributed by atoms with Crippen molar-refractivity contribution < 1.29 is 4.79 Å². The number of nitrogens with zero attached hydrogens (tertiary/aromatic N) is 2. The van der Waals surface area contributed by atoms with Gasteiger partial charge in [0.25, 0.3) is 5.91 Å². The molecule has 0 fully saturated rings. The molecule has 4 aromatic rings. The maximum absolute atomic E-state index is 12.8. The minimum atomic E-state index is -0.236. The average molecular weight is 400 g/mol. The van der Waals surface area contributed by atoms with Gasteiger partial charge >= 0.3 is 0 Å². The third-order valence-corrected chi connectivity index (χ3v) is 5.26. The molecule has 4 nitrogen and oxygen atoms in total. The number of amides is 1. The highest BCUT2D eigenvalue weighted by Gasteiger charge is 2.15. The molecule has 2 heterocycles. The quantitative estimate of drug-likeness (QED) is 0.465. The maximum Gasteiger partial charge on any atom is 0.258 e. The van der Waals surface area contributed by atoms with Crippen LogP contribution in [0.1, 0.15) is 10.4 Å². The van der Waals surface area contributed by atoms with Gasteiger partial charge < -0.3 is 0 Å². The predicted molar refractivity (Wildman–Crippen MR) is 107 cm³/mol. The molecule has 0 atom stereocenters. The second-order valence-corrected chi connectivity index (χ2v) is 7.20. The summed E-state index contributed by atoms with van der Waals surface area (Å²) in [5.41, 5.74) is 2.67. The van der Waals surface area contributed by atoms with Gasteiger partial charge in [-0.1, -0.05) is 47.5 Å². The molecule has 0 spiro atoms. The highest BCUT2D eigenvalue weighted by molar-refractivity contribution is 7.13. The van der Waals surface area contributed by atoms with Gasteiger partial charge in [0.05, 0.1) is 26.8 Å². The molecule has 4 rings (SSSR count). The first-order valence-electron chi connectivity index (χ1n) is 7.68. The number of rotatable bonds is 3. The molecule has 128 valence electrons. The van der Waals surface area contributed by atoms with E-state index in [0.29, 0.717) is 26.4 Å². The van der Waals surface area contributed by atoms with Gasteiger partial charge in [-0.25, -0.2) is 9.97 Å². The normalized spacial score (nSPS) is 10.8. The zero-order valence-corrected chi connectivity index (χ0v) is 15.6. The molecule has 0 aliphatic rings. The van der Waals surface area contributed by atoms with Crippen LogP contribution in [0.25, 0.3) is 22.2 Å². The standard InChI is InChI=1S/C19H11Cl2N3OS/c20-14-6-5-11(9-15(14)21)17-10-13(12-3-1-2-4-16(12)23-17)18(25)24-19-22-7-8-26-19/h1-10H,(H,22,24,25). The van der Waals surface area contributed by atoms with Crippen molar-refractivity contribution in [1.82, 2.24) is 9.97 Å². The molecule has 0 radical (unpaired) electrons. The molecule has 0 unspecified atom stereocenters. The summed E-state index contributed by atoms with van der Waals surface area (Å²) in [6.45, 7) is 0. The van der Waals surface area contributed by atoms with Crippen molar-refractivity contribution in [2.24, 2.45) is 0 Å². The number of nitrogens with one attached hydrogen (secondary N) is 1. The number of carbonyl (C=O) groups is 1. The van der Waals surface area contributed by atoms with Crippen LogP contribution in [0.4, 0.5) is 5.13 Å². The topological polar surface area (TPSA) is 54.9 Å². The van der Waals surface area contributed by atoms with Crippen LogP contribution in [0.3, 0.4) is 0 Å². The van der Waals surface area contributed by atoms with Gasteiger partial charge in [0, 0.05) is 22.5 Å². The smallest absolute Gasteiger partial charge is 0.258 e. The Balaban J connectivity index is 1.85. The van der Waals surface area contributed by atoms with Gasteiger partial charge in [0.1, 0.15) is 0 Å². The number of thiazole rings is 1. The number of carbonyl (C=O) groups excluding carboxylic acids is 1. The van der Waals surface area contributed by atoms with E-state index < -0.39 is 0 Å². The molecular formula is C19H11Cl2N3OS. The minimum absolute atomic E-state index is 0.236. The number of fused-ring (bicyclic) bond motifs is 1. The molecule has 0 aliphatic carbocycles. The second kappa shape index (κ2) is 7.03. The van der Waals surface area contributed by atoms with Gasteiger partial charge in [-0.3, -0.25) is 10.1 Å². The molecule has 0 aliphatic heterocycles. The van der Waals surface area contributed by atoms with Crippen LogP contribution in [-0.2, 0) is 0 Å².